The van der Waals surface area contributed by atoms with Crippen LogP contribution in [0.3, 0.4) is 0 Å². The number of carbonyl (C=O) groups is 2. The zero-order chi connectivity index (χ0) is 25.6. The van der Waals surface area contributed by atoms with E-state index in [1.165, 1.54) is 18.4 Å². The maximum Gasteiger partial charge on any atom is 0.490 e. The first-order valence-electron chi connectivity index (χ1n) is 11.7. The highest BCUT2D eigenvalue weighted by Crippen LogP contribution is 2.41. The molecule has 8 nitrogen and oxygen atoms in total. The maximum absolute atomic E-state index is 12.6. The van der Waals surface area contributed by atoms with E-state index in [2.05, 4.69) is 55.7 Å². The maximum atomic E-state index is 12.6. The number of aryl methyl sites for hydroxylation is 1. The highest BCUT2D eigenvalue weighted by atomic mass is 32.1. The van der Waals surface area contributed by atoms with Gasteiger partial charge in [0.1, 0.15) is 5.82 Å². The molecule has 2 aromatic heterocycles. The van der Waals surface area contributed by atoms with Crippen molar-refractivity contribution in [3.8, 4) is 0 Å². The van der Waals surface area contributed by atoms with Gasteiger partial charge < -0.3 is 15.0 Å². The number of carboxylic acid groups (broad SMARTS) is 1. The molecule has 0 unspecified atom stereocenters. The van der Waals surface area contributed by atoms with Crippen molar-refractivity contribution in [1.82, 2.24) is 25.0 Å². The van der Waals surface area contributed by atoms with Gasteiger partial charge in [-0.2, -0.15) is 24.5 Å². The van der Waals surface area contributed by atoms with Gasteiger partial charge in [-0.15, -0.1) is 10.2 Å². The van der Waals surface area contributed by atoms with Gasteiger partial charge in [-0.3, -0.25) is 9.69 Å². The van der Waals surface area contributed by atoms with Crippen LogP contribution >= 0.6 is 11.3 Å². The number of amides is 1. The molecule has 0 aliphatic carbocycles. The van der Waals surface area contributed by atoms with E-state index in [0.29, 0.717) is 18.3 Å². The van der Waals surface area contributed by atoms with Crippen molar-refractivity contribution in [2.75, 3.05) is 19.6 Å². The van der Waals surface area contributed by atoms with Crippen LogP contribution in [0.1, 0.15) is 61.5 Å². The number of piperidine rings is 1. The van der Waals surface area contributed by atoms with Crippen molar-refractivity contribution in [3.05, 3.63) is 34.0 Å². The van der Waals surface area contributed by atoms with Gasteiger partial charge in [0.05, 0.1) is 0 Å². The molecule has 2 aliphatic rings. The Bertz CT molecular complexity index is 983. The molecule has 1 saturated heterocycles. The van der Waals surface area contributed by atoms with Gasteiger partial charge in [0.2, 0.25) is 5.82 Å². The first kappa shape index (κ1) is 27.1. The number of halogens is 3. The minimum absolute atomic E-state index is 0.0775. The summed E-state index contributed by atoms with van der Waals surface area (Å²) in [5.41, 5.74) is 1.71. The van der Waals surface area contributed by atoms with E-state index >= 15 is 0 Å². The molecule has 0 radical (unpaired) electrons. The van der Waals surface area contributed by atoms with Gasteiger partial charge in [0.25, 0.3) is 5.91 Å². The summed E-state index contributed by atoms with van der Waals surface area (Å²) in [6, 6.07) is 2.23. The van der Waals surface area contributed by atoms with Crippen LogP contribution in [0.15, 0.2) is 16.8 Å². The molecule has 4 heterocycles. The van der Waals surface area contributed by atoms with Crippen LogP contribution in [0.5, 0.6) is 0 Å². The summed E-state index contributed by atoms with van der Waals surface area (Å²) >= 11 is 1.77. The molecule has 1 fully saturated rings. The van der Waals surface area contributed by atoms with Crippen LogP contribution in [0.2, 0.25) is 0 Å². The van der Waals surface area contributed by atoms with Crippen molar-refractivity contribution in [2.45, 2.75) is 65.2 Å². The predicted molar refractivity (Wildman–Crippen MR) is 125 cm³/mol. The second-order valence-electron chi connectivity index (χ2n) is 9.68. The number of nitrogens with zero attached hydrogens (tertiary/aromatic N) is 4. The molecular weight excluding hydrogens is 483 g/mol. The lowest BCUT2D eigenvalue weighted by atomic mass is 9.73. The van der Waals surface area contributed by atoms with Gasteiger partial charge in [-0.25, -0.2) is 4.79 Å². The average molecular weight is 516 g/mol. The van der Waals surface area contributed by atoms with E-state index in [1.807, 2.05) is 0 Å². The highest BCUT2D eigenvalue weighted by Gasteiger charge is 2.40. The Morgan fingerprint density at radius 2 is 1.91 bits per heavy atom. The Morgan fingerprint density at radius 1 is 1.23 bits per heavy atom. The van der Waals surface area contributed by atoms with Crippen LogP contribution in [0.25, 0.3) is 0 Å². The van der Waals surface area contributed by atoms with Crippen molar-refractivity contribution in [1.29, 1.82) is 0 Å². The average Bonchev–Trinajstić information content (AvgIpc) is 3.44. The molecule has 0 bridgehead atoms. The number of rotatable bonds is 6. The molecule has 2 aromatic rings. The van der Waals surface area contributed by atoms with E-state index in [4.69, 9.17) is 9.90 Å². The van der Waals surface area contributed by atoms with Gasteiger partial charge in [0, 0.05) is 26.1 Å². The summed E-state index contributed by atoms with van der Waals surface area (Å²) in [6.45, 7) is 9.22. The van der Waals surface area contributed by atoms with Crippen molar-refractivity contribution in [2.24, 2.45) is 11.3 Å². The van der Waals surface area contributed by atoms with Gasteiger partial charge in [0.15, 0.2) is 0 Å². The molecule has 2 N–H and O–H groups in total. The molecule has 0 aromatic carbocycles. The zero-order valence-electron chi connectivity index (χ0n) is 20.0. The minimum atomic E-state index is -5.08. The number of nitrogens with one attached hydrogen (secondary N) is 1. The minimum Gasteiger partial charge on any atom is -0.475 e. The Labute approximate surface area is 206 Å². The van der Waals surface area contributed by atoms with Crippen molar-refractivity contribution >= 4 is 23.2 Å². The summed E-state index contributed by atoms with van der Waals surface area (Å²) in [6.07, 6.45) is 0.353. The Kier molecular flexibility index (Phi) is 8.92. The third-order valence-electron chi connectivity index (χ3n) is 6.56. The quantitative estimate of drug-likeness (QED) is 0.604. The number of likely N-dealkylation sites (tertiary alicyclic amines) is 1. The summed E-state index contributed by atoms with van der Waals surface area (Å²) in [5.74, 6) is -0.784. The third-order valence-corrected chi connectivity index (χ3v) is 7.29. The van der Waals surface area contributed by atoms with E-state index < -0.39 is 12.1 Å². The molecule has 4 rings (SSSR count). The summed E-state index contributed by atoms with van der Waals surface area (Å²) in [4.78, 5) is 24.1. The first-order valence-corrected chi connectivity index (χ1v) is 12.7. The third kappa shape index (κ3) is 7.50. The van der Waals surface area contributed by atoms with Gasteiger partial charge >= 0.3 is 12.1 Å². The van der Waals surface area contributed by atoms with Gasteiger partial charge in [-0.05, 0) is 72.5 Å². The fraction of sp³-hybridized carbons (Fsp3) is 0.652. The number of hydrogen-bond acceptors (Lipinski definition) is 6. The van der Waals surface area contributed by atoms with Crippen LogP contribution < -0.4 is 5.32 Å². The molecule has 2 aliphatic heterocycles. The monoisotopic (exact) mass is 515 g/mol. The second-order valence-corrected chi connectivity index (χ2v) is 10.5. The van der Waals surface area contributed by atoms with Crippen molar-refractivity contribution in [3.63, 3.8) is 0 Å². The molecule has 12 heteroatoms. The lowest BCUT2D eigenvalue weighted by Crippen LogP contribution is -2.44. The number of hydrogen-bond donors (Lipinski definition) is 2. The second kappa shape index (κ2) is 11.5. The Morgan fingerprint density at radius 3 is 2.49 bits per heavy atom. The largest absolute Gasteiger partial charge is 0.490 e. The Balaban J connectivity index is 0.000000429. The molecule has 0 atom stereocenters. The molecule has 194 valence electrons. The summed E-state index contributed by atoms with van der Waals surface area (Å²) in [7, 11) is 0. The number of thiophene rings is 1. The number of carbonyl (C=O) groups excluding carboxylic acids is 1. The fourth-order valence-electron chi connectivity index (χ4n) is 4.43. The van der Waals surface area contributed by atoms with Crippen LogP contribution in [-0.4, -0.2) is 62.5 Å². The topological polar surface area (TPSA) is 100 Å². The molecular formula is C23H32F3N5O3S. The number of carboxylic acids is 1. The standard InChI is InChI=1S/C21H31N5OS.C2HF3O2/c1-16(2)4-9-22-20(27)19-24-23-18-3-6-21(15-26(18)19)7-10-25(11-8-21)13-17-5-12-28-14-17;3-2(4,5)1(6)7/h5,12,14,16H,3-4,6-11,13,15H2,1-2H3,(H,22,27);(H,6,7). The molecule has 1 spiro atoms. The fourth-order valence-corrected chi connectivity index (χ4v) is 5.09. The SMILES string of the molecule is CC(C)CCNC(=O)c1nnc2n1CC1(CC2)CCN(Cc2ccsc2)CC1.O=C(O)C(F)(F)F. The number of aromatic nitrogens is 3. The Hall–Kier alpha value is -2.47. The van der Waals surface area contributed by atoms with Crippen LogP contribution in [0.4, 0.5) is 13.2 Å². The molecule has 1 amide bonds. The molecule has 0 saturated carbocycles. The zero-order valence-corrected chi connectivity index (χ0v) is 20.8. The lowest BCUT2D eigenvalue weighted by Gasteiger charge is -2.44. The smallest absolute Gasteiger partial charge is 0.475 e. The molecule has 35 heavy (non-hydrogen) atoms. The number of alkyl halides is 3. The van der Waals surface area contributed by atoms with E-state index in [9.17, 15) is 18.0 Å². The van der Waals surface area contributed by atoms with Crippen LogP contribution in [0, 0.1) is 11.3 Å². The lowest BCUT2D eigenvalue weighted by molar-refractivity contribution is -0.192. The van der Waals surface area contributed by atoms with E-state index in [-0.39, 0.29) is 11.3 Å². The van der Waals surface area contributed by atoms with E-state index in [1.54, 1.807) is 11.3 Å². The normalized spacial score (nSPS) is 17.5. The summed E-state index contributed by atoms with van der Waals surface area (Å²) in [5, 5.41) is 23.1. The van der Waals surface area contributed by atoms with Crippen LogP contribution in [-0.2, 0) is 24.3 Å². The number of aliphatic carboxylic acids is 1. The number of fused-ring (bicyclic) bond motifs is 1. The first-order chi connectivity index (χ1) is 16.5. The van der Waals surface area contributed by atoms with Gasteiger partial charge in [-0.1, -0.05) is 13.8 Å². The highest BCUT2D eigenvalue weighted by molar-refractivity contribution is 7.07. The predicted octanol–water partition coefficient (Wildman–Crippen LogP) is 3.98. The summed E-state index contributed by atoms with van der Waals surface area (Å²) < 4.78 is 33.8. The van der Waals surface area contributed by atoms with Crippen molar-refractivity contribution < 1.29 is 27.9 Å². The van der Waals surface area contributed by atoms with E-state index in [0.717, 1.165) is 51.3 Å².